The molecule has 8 nitrogen and oxygen atoms in total. The number of carbonyl (C=O) groups excluding carboxylic acids is 2. The molecule has 0 saturated heterocycles. The molecule has 0 fully saturated rings. The normalized spacial score (nSPS) is 15.4. The maximum atomic E-state index is 13.7. The Morgan fingerprint density at radius 1 is 0.592 bits per heavy atom. The largest absolute Gasteiger partial charge is 0.507 e. The predicted molar refractivity (Wildman–Crippen MR) is 189 cm³/mol. The number of hydrogen-bond donors (Lipinski definition) is 4. The van der Waals surface area contributed by atoms with Crippen molar-refractivity contribution in [3.63, 3.8) is 0 Å². The third-order valence-corrected chi connectivity index (χ3v) is 8.40. The predicted octanol–water partition coefficient (Wildman–Crippen LogP) is 8.26. The summed E-state index contributed by atoms with van der Waals surface area (Å²) in [6.45, 7) is 7.08. The summed E-state index contributed by atoms with van der Waals surface area (Å²) in [5, 5.41) is 46.5. The van der Waals surface area contributed by atoms with Crippen LogP contribution in [-0.4, -0.2) is 43.2 Å². The highest BCUT2D eigenvalue weighted by Crippen LogP contribution is 2.52. The van der Waals surface area contributed by atoms with E-state index in [9.17, 15) is 30.0 Å². The van der Waals surface area contributed by atoms with Crippen molar-refractivity contribution in [3.05, 3.63) is 129 Å². The molecule has 248 valence electrons. The van der Waals surface area contributed by atoms with Gasteiger partial charge in [0.05, 0.1) is 11.1 Å². The Bertz CT molecular complexity index is 1950. The molecular weight excluding hydrogens is 620 g/mol. The zero-order valence-corrected chi connectivity index (χ0v) is 27.5. The molecule has 0 aliphatic carbocycles. The average Bonchev–Trinajstić information content (AvgIpc) is 3.06. The summed E-state index contributed by atoms with van der Waals surface area (Å²) >= 11 is 0. The van der Waals surface area contributed by atoms with E-state index in [1.165, 1.54) is 12.2 Å². The third kappa shape index (κ3) is 6.45. The number of ether oxygens (including phenoxy) is 2. The van der Waals surface area contributed by atoms with Gasteiger partial charge in [0.15, 0.2) is 11.6 Å². The Morgan fingerprint density at radius 2 is 0.959 bits per heavy atom. The summed E-state index contributed by atoms with van der Waals surface area (Å²) in [5.41, 5.74) is -0.628. The molecule has 0 bridgehead atoms. The van der Waals surface area contributed by atoms with Gasteiger partial charge in [-0.3, -0.25) is 9.59 Å². The molecule has 4 aromatic carbocycles. The van der Waals surface area contributed by atoms with Crippen molar-refractivity contribution in [2.75, 3.05) is 0 Å². The second kappa shape index (κ2) is 12.5. The van der Waals surface area contributed by atoms with E-state index in [0.717, 1.165) is 11.1 Å². The van der Waals surface area contributed by atoms with Gasteiger partial charge in [0.2, 0.25) is 0 Å². The van der Waals surface area contributed by atoms with Crippen LogP contribution in [0.15, 0.2) is 85.0 Å². The Hall–Kier alpha value is -6.02. The monoisotopic (exact) mass is 656 g/mol. The molecule has 0 amide bonds. The van der Waals surface area contributed by atoms with Crippen LogP contribution >= 0.6 is 0 Å². The van der Waals surface area contributed by atoms with Crippen molar-refractivity contribution in [1.82, 2.24) is 0 Å². The minimum Gasteiger partial charge on any atom is -0.507 e. The van der Waals surface area contributed by atoms with Crippen molar-refractivity contribution in [1.29, 1.82) is 0 Å². The van der Waals surface area contributed by atoms with Gasteiger partial charge < -0.3 is 29.9 Å². The molecule has 0 unspecified atom stereocenters. The Kier molecular flexibility index (Phi) is 8.42. The van der Waals surface area contributed by atoms with E-state index in [1.54, 1.807) is 64.2 Å². The number of hydrogen-bond acceptors (Lipinski definition) is 8. The van der Waals surface area contributed by atoms with E-state index in [2.05, 4.69) is 0 Å². The quantitative estimate of drug-likeness (QED) is 0.110. The van der Waals surface area contributed by atoms with E-state index in [0.29, 0.717) is 0 Å². The van der Waals surface area contributed by atoms with E-state index in [4.69, 9.17) is 9.47 Å². The van der Waals surface area contributed by atoms with Gasteiger partial charge in [-0.15, -0.1) is 0 Å². The number of phenolic OH excluding ortho intramolecular Hbond substituents is 4. The highest BCUT2D eigenvalue weighted by Gasteiger charge is 2.36. The lowest BCUT2D eigenvalue weighted by atomic mass is 9.87. The van der Waals surface area contributed by atoms with Crippen LogP contribution in [0.5, 0.6) is 34.5 Å². The van der Waals surface area contributed by atoms with Crippen LogP contribution in [-0.2, 0) is 6.42 Å². The molecule has 4 aromatic rings. The van der Waals surface area contributed by atoms with Crippen LogP contribution in [0, 0.1) is 0 Å². The SMILES string of the molecule is CC1(C)C=Cc2c(O)c(Cc3c(O)c4c(c(C(=O)/C=C/c5ccccc5)c3O)OC(C)(C)C=C4)c(O)c(C(=O)/C=C/c3ccccc3)c2O1. The van der Waals surface area contributed by atoms with Crippen molar-refractivity contribution in [3.8, 4) is 34.5 Å². The Morgan fingerprint density at radius 3 is 1.33 bits per heavy atom. The number of carbonyl (C=O) groups is 2. The molecule has 0 spiro atoms. The minimum atomic E-state index is -0.858. The molecule has 2 aliphatic rings. The molecule has 8 heteroatoms. The topological polar surface area (TPSA) is 134 Å². The van der Waals surface area contributed by atoms with Crippen LogP contribution in [0.25, 0.3) is 24.3 Å². The van der Waals surface area contributed by atoms with Gasteiger partial charge in [-0.2, -0.15) is 0 Å². The fourth-order valence-electron chi connectivity index (χ4n) is 5.84. The Balaban J connectivity index is 1.51. The van der Waals surface area contributed by atoms with E-state index in [-0.39, 0.29) is 44.9 Å². The smallest absolute Gasteiger partial charge is 0.193 e. The number of ketones is 2. The zero-order valence-electron chi connectivity index (χ0n) is 27.5. The average molecular weight is 657 g/mol. The summed E-state index contributed by atoms with van der Waals surface area (Å²) in [6, 6.07) is 18.3. The van der Waals surface area contributed by atoms with Gasteiger partial charge in [-0.1, -0.05) is 72.8 Å². The van der Waals surface area contributed by atoms with Crippen molar-refractivity contribution in [2.24, 2.45) is 0 Å². The van der Waals surface area contributed by atoms with Gasteiger partial charge in [-0.25, -0.2) is 0 Å². The highest BCUT2D eigenvalue weighted by molar-refractivity contribution is 6.13. The maximum absolute atomic E-state index is 13.7. The number of rotatable bonds is 8. The van der Waals surface area contributed by atoms with Crippen molar-refractivity contribution < 1.29 is 39.5 Å². The zero-order chi connectivity index (χ0) is 35.1. The van der Waals surface area contributed by atoms with E-state index >= 15 is 0 Å². The molecule has 0 aromatic heterocycles. The molecule has 0 atom stereocenters. The van der Waals surface area contributed by atoms with Crippen LogP contribution in [0.4, 0.5) is 0 Å². The second-order valence-corrected chi connectivity index (χ2v) is 13.1. The first-order valence-corrected chi connectivity index (χ1v) is 15.8. The second-order valence-electron chi connectivity index (χ2n) is 13.1. The van der Waals surface area contributed by atoms with Crippen molar-refractivity contribution in [2.45, 2.75) is 45.3 Å². The molecule has 6 rings (SSSR count). The summed E-state index contributed by atoms with van der Waals surface area (Å²) in [7, 11) is 0. The van der Waals surface area contributed by atoms with Crippen molar-refractivity contribution >= 4 is 35.9 Å². The number of fused-ring (bicyclic) bond motifs is 2. The summed E-state index contributed by atoms with van der Waals surface area (Å²) in [6.07, 6.45) is 11.9. The number of aromatic hydroxyl groups is 4. The van der Waals surface area contributed by atoms with Crippen LogP contribution < -0.4 is 9.47 Å². The minimum absolute atomic E-state index is 0.00618. The standard InChI is InChI=1S/C41H36O8/c1-40(2)21-19-26-34(44)28(36(46)32(38(26)48-40)30(42)17-15-24-11-7-5-8-12-24)23-29-35(45)27-20-22-41(3,4)49-39(27)33(37(29)47)31(43)18-16-25-13-9-6-10-14-25/h5-22,44-47H,23H2,1-4H3/b17-15+,18-16+. The molecular formula is C41H36O8. The van der Waals surface area contributed by atoms with Gasteiger partial charge in [0.25, 0.3) is 0 Å². The number of benzene rings is 4. The van der Waals surface area contributed by atoms with Gasteiger partial charge in [0, 0.05) is 17.5 Å². The lowest BCUT2D eigenvalue weighted by Gasteiger charge is -2.31. The first-order chi connectivity index (χ1) is 23.3. The number of phenols is 4. The Labute approximate surface area is 284 Å². The third-order valence-electron chi connectivity index (χ3n) is 8.40. The fraction of sp³-hybridized carbons (Fsp3) is 0.171. The maximum Gasteiger partial charge on any atom is 0.193 e. The summed E-state index contributed by atoms with van der Waals surface area (Å²) in [5.74, 6) is -3.21. The van der Waals surface area contributed by atoms with E-state index < -0.39 is 52.2 Å². The first-order valence-electron chi connectivity index (χ1n) is 15.8. The molecule has 2 aliphatic heterocycles. The van der Waals surface area contributed by atoms with Gasteiger partial charge in [0.1, 0.15) is 56.8 Å². The molecule has 4 N–H and O–H groups in total. The number of allylic oxidation sites excluding steroid dienone is 2. The van der Waals surface area contributed by atoms with Crippen LogP contribution in [0.3, 0.4) is 0 Å². The first kappa shape index (κ1) is 32.9. The molecule has 49 heavy (non-hydrogen) atoms. The summed E-state index contributed by atoms with van der Waals surface area (Å²) in [4.78, 5) is 27.5. The van der Waals surface area contributed by atoms with E-state index in [1.807, 2.05) is 60.7 Å². The molecule has 0 radical (unpaired) electrons. The lowest BCUT2D eigenvalue weighted by molar-refractivity contribution is 0.102. The summed E-state index contributed by atoms with van der Waals surface area (Å²) < 4.78 is 12.2. The van der Waals surface area contributed by atoms with Gasteiger partial charge in [-0.05, 0) is 75.3 Å². The molecule has 2 heterocycles. The molecule has 0 saturated carbocycles. The van der Waals surface area contributed by atoms with Crippen LogP contribution in [0.2, 0.25) is 0 Å². The fourth-order valence-corrected chi connectivity index (χ4v) is 5.84. The van der Waals surface area contributed by atoms with Crippen LogP contribution in [0.1, 0.15) is 81.8 Å². The lowest BCUT2D eigenvalue weighted by Crippen LogP contribution is -2.29. The highest BCUT2D eigenvalue weighted by atomic mass is 16.5. The van der Waals surface area contributed by atoms with Gasteiger partial charge >= 0.3 is 0 Å².